The molecule has 0 saturated heterocycles. The highest BCUT2D eigenvalue weighted by molar-refractivity contribution is 5.95. The molecule has 0 aliphatic carbocycles. The number of anilines is 1. The first-order chi connectivity index (χ1) is 7.68. The van der Waals surface area contributed by atoms with Crippen molar-refractivity contribution >= 4 is 22.4 Å². The van der Waals surface area contributed by atoms with E-state index in [1.54, 1.807) is 6.92 Å². The van der Waals surface area contributed by atoms with E-state index < -0.39 is 12.0 Å². The van der Waals surface area contributed by atoms with Crippen LogP contribution in [0.2, 0.25) is 0 Å². The van der Waals surface area contributed by atoms with E-state index in [4.69, 9.17) is 5.11 Å². The lowest BCUT2D eigenvalue weighted by atomic mass is 10.1. The first kappa shape index (κ1) is 10.5. The number of rotatable bonds is 3. The second kappa shape index (κ2) is 4.23. The smallest absolute Gasteiger partial charge is 0.325 e. The van der Waals surface area contributed by atoms with Crippen molar-refractivity contribution in [2.45, 2.75) is 13.0 Å². The van der Waals surface area contributed by atoms with Gasteiger partial charge in [-0.3, -0.25) is 4.79 Å². The molecule has 0 heterocycles. The first-order valence-electron chi connectivity index (χ1n) is 5.15. The predicted molar refractivity (Wildman–Crippen MR) is 64.7 cm³/mol. The molecule has 0 bridgehead atoms. The van der Waals surface area contributed by atoms with Crippen molar-refractivity contribution in [3.63, 3.8) is 0 Å². The van der Waals surface area contributed by atoms with E-state index in [-0.39, 0.29) is 0 Å². The summed E-state index contributed by atoms with van der Waals surface area (Å²) in [6, 6.07) is 13.1. The number of carboxylic acids is 1. The lowest BCUT2D eigenvalue weighted by Crippen LogP contribution is -2.25. The van der Waals surface area contributed by atoms with E-state index in [1.165, 1.54) is 0 Å². The van der Waals surface area contributed by atoms with Crippen LogP contribution in [0.25, 0.3) is 10.8 Å². The monoisotopic (exact) mass is 215 g/mol. The van der Waals surface area contributed by atoms with Gasteiger partial charge in [-0.25, -0.2) is 0 Å². The third kappa shape index (κ3) is 1.98. The van der Waals surface area contributed by atoms with E-state index in [1.807, 2.05) is 42.5 Å². The van der Waals surface area contributed by atoms with E-state index in [0.29, 0.717) is 0 Å². The molecule has 0 fully saturated rings. The van der Waals surface area contributed by atoms with Gasteiger partial charge < -0.3 is 10.4 Å². The molecule has 0 radical (unpaired) electrons. The molecule has 3 nitrogen and oxygen atoms in total. The Balaban J connectivity index is 2.41. The Morgan fingerprint density at radius 1 is 1.19 bits per heavy atom. The number of nitrogens with one attached hydrogen (secondary N) is 1. The summed E-state index contributed by atoms with van der Waals surface area (Å²) in [5.74, 6) is -0.854. The van der Waals surface area contributed by atoms with Gasteiger partial charge in [-0.15, -0.1) is 0 Å². The van der Waals surface area contributed by atoms with Gasteiger partial charge in [0.15, 0.2) is 0 Å². The van der Waals surface area contributed by atoms with Gasteiger partial charge in [-0.1, -0.05) is 36.4 Å². The number of fused-ring (bicyclic) bond motifs is 1. The number of hydrogen-bond acceptors (Lipinski definition) is 2. The van der Waals surface area contributed by atoms with E-state index in [9.17, 15) is 4.79 Å². The normalized spacial score (nSPS) is 12.3. The average Bonchev–Trinajstić information content (AvgIpc) is 2.29. The molecule has 1 atom stereocenters. The van der Waals surface area contributed by atoms with Crippen LogP contribution in [0.4, 0.5) is 5.69 Å². The molecule has 16 heavy (non-hydrogen) atoms. The van der Waals surface area contributed by atoms with Gasteiger partial charge in [-0.2, -0.15) is 0 Å². The van der Waals surface area contributed by atoms with Gasteiger partial charge in [0.25, 0.3) is 0 Å². The van der Waals surface area contributed by atoms with Crippen molar-refractivity contribution in [2.24, 2.45) is 0 Å². The number of carbonyl (C=O) groups is 1. The van der Waals surface area contributed by atoms with Gasteiger partial charge in [0.1, 0.15) is 6.04 Å². The standard InChI is InChI=1S/C13H13NO2/c1-9(13(15)16)14-12-8-4-6-10-5-2-3-7-11(10)12/h2-9,14H,1H3,(H,15,16)/t9-/m1/s1. The van der Waals surface area contributed by atoms with Crippen molar-refractivity contribution < 1.29 is 9.90 Å². The fourth-order valence-electron chi connectivity index (χ4n) is 1.65. The van der Waals surface area contributed by atoms with Crippen molar-refractivity contribution in [1.82, 2.24) is 0 Å². The summed E-state index contributed by atoms with van der Waals surface area (Å²) in [5, 5.41) is 14.0. The highest BCUT2D eigenvalue weighted by atomic mass is 16.4. The quantitative estimate of drug-likeness (QED) is 0.827. The van der Waals surface area contributed by atoms with Gasteiger partial charge in [0, 0.05) is 11.1 Å². The third-order valence-corrected chi connectivity index (χ3v) is 2.53. The Morgan fingerprint density at radius 2 is 1.88 bits per heavy atom. The Kier molecular flexibility index (Phi) is 2.77. The summed E-state index contributed by atoms with van der Waals surface area (Å²) < 4.78 is 0. The summed E-state index contributed by atoms with van der Waals surface area (Å²) in [7, 11) is 0. The van der Waals surface area contributed by atoms with Gasteiger partial charge in [0.2, 0.25) is 0 Å². The summed E-state index contributed by atoms with van der Waals surface area (Å²) in [5.41, 5.74) is 0.855. The largest absolute Gasteiger partial charge is 0.480 e. The van der Waals surface area contributed by atoms with Crippen LogP contribution >= 0.6 is 0 Å². The van der Waals surface area contributed by atoms with Crippen LogP contribution in [-0.4, -0.2) is 17.1 Å². The maximum absolute atomic E-state index is 10.8. The van der Waals surface area contributed by atoms with Crippen LogP contribution in [0.15, 0.2) is 42.5 Å². The maximum atomic E-state index is 10.8. The second-order valence-electron chi connectivity index (χ2n) is 3.73. The van der Waals surface area contributed by atoms with Crippen molar-refractivity contribution in [3.05, 3.63) is 42.5 Å². The molecule has 3 heteroatoms. The molecule has 2 N–H and O–H groups in total. The fourth-order valence-corrected chi connectivity index (χ4v) is 1.65. The number of hydrogen-bond donors (Lipinski definition) is 2. The molecule has 0 saturated carbocycles. The number of benzene rings is 2. The predicted octanol–water partition coefficient (Wildman–Crippen LogP) is 2.72. The topological polar surface area (TPSA) is 49.3 Å². The Bertz CT molecular complexity index is 517. The van der Waals surface area contributed by atoms with Crippen LogP contribution in [0.1, 0.15) is 6.92 Å². The minimum Gasteiger partial charge on any atom is -0.480 e. The molecule has 0 amide bonds. The summed E-state index contributed by atoms with van der Waals surface area (Å²) in [4.78, 5) is 10.8. The Hall–Kier alpha value is -2.03. The molecule has 0 aromatic heterocycles. The minimum atomic E-state index is -0.854. The van der Waals surface area contributed by atoms with Gasteiger partial charge in [-0.05, 0) is 18.4 Å². The summed E-state index contributed by atoms with van der Waals surface area (Å²) >= 11 is 0. The van der Waals surface area contributed by atoms with Crippen molar-refractivity contribution in [1.29, 1.82) is 0 Å². The van der Waals surface area contributed by atoms with E-state index in [2.05, 4.69) is 5.32 Å². The number of aliphatic carboxylic acids is 1. The molecule has 2 aromatic carbocycles. The van der Waals surface area contributed by atoms with E-state index >= 15 is 0 Å². The maximum Gasteiger partial charge on any atom is 0.325 e. The first-order valence-corrected chi connectivity index (χ1v) is 5.15. The zero-order valence-electron chi connectivity index (χ0n) is 8.97. The summed E-state index contributed by atoms with van der Waals surface area (Å²) in [6.45, 7) is 1.63. The molecule has 2 rings (SSSR count). The lowest BCUT2D eigenvalue weighted by Gasteiger charge is -2.12. The van der Waals surface area contributed by atoms with E-state index in [0.717, 1.165) is 16.5 Å². The molecule has 82 valence electrons. The molecule has 0 aliphatic rings. The Labute approximate surface area is 93.7 Å². The highest BCUT2D eigenvalue weighted by Crippen LogP contribution is 2.23. The van der Waals surface area contributed by atoms with Crippen LogP contribution in [0.5, 0.6) is 0 Å². The molecular weight excluding hydrogens is 202 g/mol. The highest BCUT2D eigenvalue weighted by Gasteiger charge is 2.11. The van der Waals surface area contributed by atoms with Gasteiger partial charge in [0.05, 0.1) is 0 Å². The average molecular weight is 215 g/mol. The Morgan fingerprint density at radius 3 is 2.62 bits per heavy atom. The summed E-state index contributed by atoms with van der Waals surface area (Å²) in [6.07, 6.45) is 0. The fraction of sp³-hybridized carbons (Fsp3) is 0.154. The van der Waals surface area contributed by atoms with Crippen LogP contribution in [-0.2, 0) is 4.79 Å². The minimum absolute atomic E-state index is 0.592. The lowest BCUT2D eigenvalue weighted by molar-refractivity contribution is -0.137. The zero-order valence-corrected chi connectivity index (χ0v) is 8.97. The van der Waals surface area contributed by atoms with Crippen molar-refractivity contribution in [2.75, 3.05) is 5.32 Å². The molecule has 2 aromatic rings. The third-order valence-electron chi connectivity index (χ3n) is 2.53. The van der Waals surface area contributed by atoms with Gasteiger partial charge >= 0.3 is 5.97 Å². The molecular formula is C13H13NO2. The van der Waals surface area contributed by atoms with Crippen LogP contribution in [0.3, 0.4) is 0 Å². The molecule has 0 spiro atoms. The van der Waals surface area contributed by atoms with Crippen molar-refractivity contribution in [3.8, 4) is 0 Å². The van der Waals surface area contributed by atoms with Crippen LogP contribution < -0.4 is 5.32 Å². The molecule has 0 unspecified atom stereocenters. The van der Waals surface area contributed by atoms with Crippen LogP contribution in [0, 0.1) is 0 Å². The molecule has 0 aliphatic heterocycles. The SMILES string of the molecule is C[C@@H](Nc1cccc2ccccc12)C(=O)O. The zero-order chi connectivity index (χ0) is 11.5. The second-order valence-corrected chi connectivity index (χ2v) is 3.73. The number of carboxylic acid groups (broad SMARTS) is 1.